The quantitative estimate of drug-likeness (QED) is 0.744. The van der Waals surface area contributed by atoms with Crippen molar-refractivity contribution in [1.29, 1.82) is 0 Å². The fraction of sp³-hybridized carbons (Fsp3) is 0.533. The van der Waals surface area contributed by atoms with Crippen LogP contribution < -0.4 is 10.1 Å². The van der Waals surface area contributed by atoms with E-state index < -0.39 is 0 Å². The highest BCUT2D eigenvalue weighted by Crippen LogP contribution is 2.18. The second kappa shape index (κ2) is 8.53. The van der Waals surface area contributed by atoms with E-state index in [0.717, 1.165) is 18.5 Å². The van der Waals surface area contributed by atoms with E-state index >= 15 is 0 Å². The molecule has 0 amide bonds. The van der Waals surface area contributed by atoms with Crippen molar-refractivity contribution in [3.8, 4) is 5.75 Å². The summed E-state index contributed by atoms with van der Waals surface area (Å²) in [5, 5.41) is 3.12. The molecule has 0 radical (unpaired) electrons. The Kier molecular flexibility index (Phi) is 7.01. The number of methoxy groups -OCH3 is 1. The minimum Gasteiger partial charge on any atom is -0.493 e. The Morgan fingerprint density at radius 2 is 2.20 bits per heavy atom. The van der Waals surface area contributed by atoms with Crippen LogP contribution in [0, 0.1) is 12.7 Å². The van der Waals surface area contributed by atoms with Crippen molar-refractivity contribution in [3.63, 3.8) is 0 Å². The van der Waals surface area contributed by atoms with Gasteiger partial charge in [0.05, 0.1) is 13.7 Å². The molecule has 0 aliphatic carbocycles. The molecule has 0 fully saturated rings. The molecule has 1 unspecified atom stereocenters. The molecule has 112 valence electrons. The summed E-state index contributed by atoms with van der Waals surface area (Å²) in [7, 11) is 1.37. The number of halogens is 1. The summed E-state index contributed by atoms with van der Waals surface area (Å²) in [5.41, 5.74) is 0.737. The van der Waals surface area contributed by atoms with Gasteiger partial charge >= 0.3 is 5.97 Å². The van der Waals surface area contributed by atoms with Crippen LogP contribution in [0.1, 0.15) is 25.3 Å². The maximum Gasteiger partial charge on any atom is 0.322 e. The van der Waals surface area contributed by atoms with Gasteiger partial charge in [0.2, 0.25) is 0 Å². The Labute approximate surface area is 119 Å². The van der Waals surface area contributed by atoms with Gasteiger partial charge in [-0.2, -0.15) is 0 Å². The van der Waals surface area contributed by atoms with Gasteiger partial charge < -0.3 is 14.8 Å². The first-order valence-electron chi connectivity index (χ1n) is 6.78. The first-order chi connectivity index (χ1) is 9.58. The molecule has 1 aromatic carbocycles. The van der Waals surface area contributed by atoms with Crippen LogP contribution in [-0.4, -0.2) is 32.3 Å². The lowest BCUT2D eigenvalue weighted by Crippen LogP contribution is -2.39. The average Bonchev–Trinajstić information content (AvgIpc) is 2.43. The number of carbonyl (C=O) groups excluding carboxylic acids is 1. The number of rotatable bonds is 8. The number of hydrogen-bond donors (Lipinski definition) is 1. The molecule has 1 atom stereocenters. The van der Waals surface area contributed by atoms with Gasteiger partial charge in [-0.3, -0.25) is 4.79 Å². The topological polar surface area (TPSA) is 47.6 Å². The van der Waals surface area contributed by atoms with Crippen molar-refractivity contribution in [1.82, 2.24) is 5.32 Å². The summed E-state index contributed by atoms with van der Waals surface area (Å²) in [6.07, 6.45) is 1.44. The maximum atomic E-state index is 13.0. The highest BCUT2D eigenvalue weighted by Gasteiger charge is 2.18. The minimum absolute atomic E-state index is 0.285. The van der Waals surface area contributed by atoms with Crippen LogP contribution in [-0.2, 0) is 9.53 Å². The summed E-state index contributed by atoms with van der Waals surface area (Å²) >= 11 is 0. The van der Waals surface area contributed by atoms with Crippen LogP contribution in [0.25, 0.3) is 0 Å². The van der Waals surface area contributed by atoms with Crippen molar-refractivity contribution in [2.45, 2.75) is 32.7 Å². The summed E-state index contributed by atoms with van der Waals surface area (Å²) < 4.78 is 23.3. The zero-order valence-corrected chi connectivity index (χ0v) is 12.2. The number of ether oxygens (including phenoxy) is 2. The third-order valence-electron chi connectivity index (χ3n) is 2.93. The Hall–Kier alpha value is -1.62. The number of hydrogen-bond acceptors (Lipinski definition) is 4. The molecule has 0 bridgehead atoms. The predicted molar refractivity (Wildman–Crippen MR) is 75.3 cm³/mol. The van der Waals surface area contributed by atoms with Gasteiger partial charge in [0, 0.05) is 6.42 Å². The van der Waals surface area contributed by atoms with Crippen LogP contribution in [0.4, 0.5) is 4.39 Å². The lowest BCUT2D eigenvalue weighted by molar-refractivity contribution is -0.143. The molecule has 0 aromatic heterocycles. The molecule has 0 spiro atoms. The normalized spacial score (nSPS) is 12.0. The molecular weight excluding hydrogens is 261 g/mol. The fourth-order valence-corrected chi connectivity index (χ4v) is 1.83. The van der Waals surface area contributed by atoms with Gasteiger partial charge in [-0.25, -0.2) is 4.39 Å². The summed E-state index contributed by atoms with van der Waals surface area (Å²) in [6.45, 7) is 4.92. The largest absolute Gasteiger partial charge is 0.493 e. The van der Waals surface area contributed by atoms with Crippen molar-refractivity contribution >= 4 is 5.97 Å². The second-order valence-corrected chi connectivity index (χ2v) is 4.58. The molecule has 4 nitrogen and oxygen atoms in total. The molecule has 0 heterocycles. The van der Waals surface area contributed by atoms with E-state index in [2.05, 4.69) is 5.32 Å². The van der Waals surface area contributed by atoms with Gasteiger partial charge in [-0.05, 0) is 43.7 Å². The van der Waals surface area contributed by atoms with Crippen LogP contribution in [0.5, 0.6) is 5.75 Å². The molecule has 20 heavy (non-hydrogen) atoms. The van der Waals surface area contributed by atoms with E-state index in [4.69, 9.17) is 9.47 Å². The standard InChI is InChI=1S/C15H22FNO3/c1-4-8-17-13(15(18)19-3)7-9-20-14-6-5-12(16)10-11(14)2/h5-6,10,13,17H,4,7-9H2,1-3H3. The Morgan fingerprint density at radius 1 is 1.45 bits per heavy atom. The van der Waals surface area contributed by atoms with E-state index in [0.29, 0.717) is 18.8 Å². The lowest BCUT2D eigenvalue weighted by Gasteiger charge is -2.16. The predicted octanol–water partition coefficient (Wildman–Crippen LogP) is 2.44. The van der Waals surface area contributed by atoms with E-state index in [1.54, 1.807) is 13.0 Å². The van der Waals surface area contributed by atoms with E-state index in [1.807, 2.05) is 6.92 Å². The van der Waals surface area contributed by atoms with Crippen molar-refractivity contribution in [3.05, 3.63) is 29.6 Å². The van der Waals surface area contributed by atoms with Crippen molar-refractivity contribution < 1.29 is 18.7 Å². The number of esters is 1. The highest BCUT2D eigenvalue weighted by atomic mass is 19.1. The minimum atomic E-state index is -0.374. The lowest BCUT2D eigenvalue weighted by atomic mass is 10.2. The number of nitrogens with one attached hydrogen (secondary N) is 1. The van der Waals surface area contributed by atoms with E-state index in [-0.39, 0.29) is 17.8 Å². The van der Waals surface area contributed by atoms with Gasteiger partial charge in [-0.1, -0.05) is 6.92 Å². The van der Waals surface area contributed by atoms with Crippen LogP contribution in [0.2, 0.25) is 0 Å². The molecule has 1 N–H and O–H groups in total. The molecule has 1 rings (SSSR count). The third-order valence-corrected chi connectivity index (χ3v) is 2.93. The van der Waals surface area contributed by atoms with Crippen LogP contribution in [0.15, 0.2) is 18.2 Å². The maximum absolute atomic E-state index is 13.0. The zero-order valence-electron chi connectivity index (χ0n) is 12.2. The number of benzene rings is 1. The molecule has 0 saturated carbocycles. The second-order valence-electron chi connectivity index (χ2n) is 4.58. The Bertz CT molecular complexity index is 437. The Balaban J connectivity index is 2.48. The first-order valence-corrected chi connectivity index (χ1v) is 6.78. The summed E-state index contributed by atoms with van der Waals surface area (Å²) in [6, 6.07) is 4.00. The average molecular weight is 283 g/mol. The fourth-order valence-electron chi connectivity index (χ4n) is 1.83. The van der Waals surface area contributed by atoms with Gasteiger partial charge in [0.15, 0.2) is 0 Å². The molecular formula is C15H22FNO3. The van der Waals surface area contributed by atoms with Gasteiger partial charge in [-0.15, -0.1) is 0 Å². The third kappa shape index (κ3) is 5.17. The monoisotopic (exact) mass is 283 g/mol. The van der Waals surface area contributed by atoms with E-state index in [9.17, 15) is 9.18 Å². The first kappa shape index (κ1) is 16.4. The highest BCUT2D eigenvalue weighted by molar-refractivity contribution is 5.75. The summed E-state index contributed by atoms with van der Waals surface area (Å²) in [4.78, 5) is 11.6. The van der Waals surface area contributed by atoms with Crippen LogP contribution in [0.3, 0.4) is 0 Å². The van der Waals surface area contributed by atoms with Gasteiger partial charge in [0.1, 0.15) is 17.6 Å². The van der Waals surface area contributed by atoms with E-state index in [1.165, 1.54) is 19.2 Å². The smallest absolute Gasteiger partial charge is 0.322 e. The van der Waals surface area contributed by atoms with Crippen molar-refractivity contribution in [2.24, 2.45) is 0 Å². The molecule has 0 aliphatic heterocycles. The SMILES string of the molecule is CCCNC(CCOc1ccc(F)cc1C)C(=O)OC. The molecule has 5 heteroatoms. The van der Waals surface area contributed by atoms with Gasteiger partial charge in [0.25, 0.3) is 0 Å². The molecule has 0 saturated heterocycles. The van der Waals surface area contributed by atoms with Crippen LogP contribution >= 0.6 is 0 Å². The molecule has 0 aliphatic rings. The van der Waals surface area contributed by atoms with Crippen molar-refractivity contribution in [2.75, 3.05) is 20.3 Å². The molecule has 1 aromatic rings. The number of carbonyl (C=O) groups is 1. The zero-order chi connectivity index (χ0) is 15.0. The Morgan fingerprint density at radius 3 is 2.80 bits per heavy atom. The number of aryl methyl sites for hydroxylation is 1. The summed E-state index contributed by atoms with van der Waals surface area (Å²) in [5.74, 6) is 0.0512.